The Morgan fingerprint density at radius 1 is 1.13 bits per heavy atom. The van der Waals surface area contributed by atoms with E-state index >= 15 is 0 Å². The molecule has 0 aromatic heterocycles. The second-order valence-corrected chi connectivity index (χ2v) is 2.63. The van der Waals surface area contributed by atoms with Crippen LogP contribution in [0.15, 0.2) is 30.3 Å². The van der Waals surface area contributed by atoms with Crippen molar-refractivity contribution >= 4 is 11.9 Å². The van der Waals surface area contributed by atoms with Gasteiger partial charge in [-0.05, 0) is 12.6 Å². The van der Waals surface area contributed by atoms with Crippen LogP contribution in [0.1, 0.15) is 5.56 Å². The predicted molar refractivity (Wildman–Crippen MR) is 54.5 cm³/mol. The molecule has 1 aromatic rings. The Balaban J connectivity index is 0.000000288. The van der Waals surface area contributed by atoms with Gasteiger partial charge in [-0.15, -0.1) is 0 Å². The summed E-state index contributed by atoms with van der Waals surface area (Å²) in [5.41, 5.74) is 1.33. The van der Waals surface area contributed by atoms with E-state index in [4.69, 9.17) is 19.8 Å². The number of nitrogens with one attached hydrogen (secondary N) is 1. The predicted octanol–water partition coefficient (Wildman–Crippen LogP) is 0.562. The van der Waals surface area contributed by atoms with E-state index in [1.165, 1.54) is 5.56 Å². The average Bonchev–Trinajstić information content (AvgIpc) is 2.20. The minimum absolute atomic E-state index is 0.959. The highest BCUT2D eigenvalue weighted by Gasteiger charge is 2.04. The molecule has 0 saturated heterocycles. The maximum absolute atomic E-state index is 9.10. The molecule has 0 fully saturated rings. The number of hydrogen-bond donors (Lipinski definition) is 3. The van der Waals surface area contributed by atoms with Gasteiger partial charge in [0, 0.05) is 6.54 Å². The molecule has 0 spiro atoms. The molecule has 5 nitrogen and oxygen atoms in total. The standard InChI is InChI=1S/C8H11N.C2H2O4/c1-9-7-8-5-3-2-4-6-8;3-1(4)2(5)6/h2-6,9H,7H2,1H3;(H,3,4)(H,5,6). The van der Waals surface area contributed by atoms with Crippen LogP contribution >= 0.6 is 0 Å². The second-order valence-electron chi connectivity index (χ2n) is 2.63. The second kappa shape index (κ2) is 7.52. The third-order valence-corrected chi connectivity index (χ3v) is 1.41. The first-order chi connectivity index (χ1) is 7.07. The molecule has 0 aliphatic rings. The molecular weight excluding hydrogens is 198 g/mol. The smallest absolute Gasteiger partial charge is 0.414 e. The molecule has 15 heavy (non-hydrogen) atoms. The summed E-state index contributed by atoms with van der Waals surface area (Å²) >= 11 is 0. The van der Waals surface area contributed by atoms with Crippen molar-refractivity contribution in [3.8, 4) is 0 Å². The van der Waals surface area contributed by atoms with Gasteiger partial charge in [-0.2, -0.15) is 0 Å². The molecule has 0 atom stereocenters. The first-order valence-electron chi connectivity index (χ1n) is 4.22. The van der Waals surface area contributed by atoms with Crippen LogP contribution in [0, 0.1) is 0 Å². The maximum Gasteiger partial charge on any atom is 0.414 e. The molecule has 1 rings (SSSR count). The summed E-state index contributed by atoms with van der Waals surface area (Å²) < 4.78 is 0. The molecule has 3 N–H and O–H groups in total. The third kappa shape index (κ3) is 7.21. The summed E-state index contributed by atoms with van der Waals surface area (Å²) in [5, 5.41) is 17.9. The van der Waals surface area contributed by atoms with Crippen LogP contribution in [0.2, 0.25) is 0 Å². The molecule has 0 amide bonds. The van der Waals surface area contributed by atoms with Crippen molar-refractivity contribution in [2.45, 2.75) is 6.54 Å². The summed E-state index contributed by atoms with van der Waals surface area (Å²) in [6.45, 7) is 0.959. The van der Waals surface area contributed by atoms with Crippen molar-refractivity contribution < 1.29 is 19.8 Å². The molecular formula is C10H13NO4. The van der Waals surface area contributed by atoms with E-state index < -0.39 is 11.9 Å². The molecule has 0 bridgehead atoms. The Kier molecular flexibility index (Phi) is 6.57. The van der Waals surface area contributed by atoms with Gasteiger partial charge in [-0.25, -0.2) is 9.59 Å². The number of carboxylic acids is 2. The zero-order chi connectivity index (χ0) is 11.7. The van der Waals surface area contributed by atoms with Crippen LogP contribution in [0.3, 0.4) is 0 Å². The van der Waals surface area contributed by atoms with E-state index in [2.05, 4.69) is 17.4 Å². The van der Waals surface area contributed by atoms with Gasteiger partial charge in [0.1, 0.15) is 0 Å². The Morgan fingerprint density at radius 3 is 1.93 bits per heavy atom. The van der Waals surface area contributed by atoms with Crippen LogP contribution in [0.4, 0.5) is 0 Å². The maximum atomic E-state index is 9.10. The number of aliphatic carboxylic acids is 2. The van der Waals surface area contributed by atoms with Gasteiger partial charge in [0.05, 0.1) is 0 Å². The minimum atomic E-state index is -1.82. The third-order valence-electron chi connectivity index (χ3n) is 1.41. The largest absolute Gasteiger partial charge is 0.473 e. The topological polar surface area (TPSA) is 86.6 Å². The number of benzene rings is 1. The van der Waals surface area contributed by atoms with E-state index in [-0.39, 0.29) is 0 Å². The highest BCUT2D eigenvalue weighted by Crippen LogP contribution is 1.95. The lowest BCUT2D eigenvalue weighted by atomic mass is 10.2. The van der Waals surface area contributed by atoms with Gasteiger partial charge in [-0.1, -0.05) is 30.3 Å². The van der Waals surface area contributed by atoms with Gasteiger partial charge in [-0.3, -0.25) is 0 Å². The summed E-state index contributed by atoms with van der Waals surface area (Å²) in [6.07, 6.45) is 0. The van der Waals surface area contributed by atoms with Gasteiger partial charge < -0.3 is 15.5 Å². The van der Waals surface area contributed by atoms with E-state index in [9.17, 15) is 0 Å². The van der Waals surface area contributed by atoms with Gasteiger partial charge in [0.25, 0.3) is 0 Å². The van der Waals surface area contributed by atoms with Gasteiger partial charge in [0.15, 0.2) is 0 Å². The molecule has 1 aromatic carbocycles. The Morgan fingerprint density at radius 2 is 1.60 bits per heavy atom. The minimum Gasteiger partial charge on any atom is -0.473 e. The fourth-order valence-corrected chi connectivity index (χ4v) is 0.800. The van der Waals surface area contributed by atoms with Crippen LogP contribution in [0.25, 0.3) is 0 Å². The lowest BCUT2D eigenvalue weighted by Crippen LogP contribution is -2.09. The molecule has 0 aliphatic carbocycles. The van der Waals surface area contributed by atoms with E-state index in [0.29, 0.717) is 0 Å². The zero-order valence-corrected chi connectivity index (χ0v) is 8.30. The first kappa shape index (κ1) is 13.1. The van der Waals surface area contributed by atoms with E-state index in [1.54, 1.807) is 0 Å². The molecule has 82 valence electrons. The monoisotopic (exact) mass is 211 g/mol. The summed E-state index contributed by atoms with van der Waals surface area (Å²) in [7, 11) is 1.95. The van der Waals surface area contributed by atoms with Crippen molar-refractivity contribution in [1.82, 2.24) is 5.32 Å². The summed E-state index contributed by atoms with van der Waals surface area (Å²) in [4.78, 5) is 18.2. The van der Waals surface area contributed by atoms with Crippen molar-refractivity contribution in [3.05, 3.63) is 35.9 Å². The van der Waals surface area contributed by atoms with Crippen LogP contribution in [0.5, 0.6) is 0 Å². The fourth-order valence-electron chi connectivity index (χ4n) is 0.800. The molecule has 0 radical (unpaired) electrons. The van der Waals surface area contributed by atoms with Gasteiger partial charge in [0.2, 0.25) is 0 Å². The molecule has 5 heteroatoms. The number of rotatable bonds is 2. The van der Waals surface area contributed by atoms with Crippen molar-refractivity contribution in [3.63, 3.8) is 0 Å². The lowest BCUT2D eigenvalue weighted by molar-refractivity contribution is -0.159. The fraction of sp³-hybridized carbons (Fsp3) is 0.200. The van der Waals surface area contributed by atoms with Crippen LogP contribution < -0.4 is 5.32 Å². The Labute approximate surface area is 87.4 Å². The highest BCUT2D eigenvalue weighted by molar-refractivity contribution is 6.27. The first-order valence-corrected chi connectivity index (χ1v) is 4.22. The Bertz CT molecular complexity index is 298. The number of hydrogen-bond acceptors (Lipinski definition) is 3. The SMILES string of the molecule is CNCc1ccccc1.O=C(O)C(=O)O. The van der Waals surface area contributed by atoms with E-state index in [1.807, 2.05) is 25.2 Å². The van der Waals surface area contributed by atoms with Crippen molar-refractivity contribution in [2.75, 3.05) is 7.05 Å². The molecule has 0 heterocycles. The lowest BCUT2D eigenvalue weighted by Gasteiger charge is -1.95. The normalized spacial score (nSPS) is 8.60. The average molecular weight is 211 g/mol. The molecule has 0 unspecified atom stereocenters. The van der Waals surface area contributed by atoms with Gasteiger partial charge >= 0.3 is 11.9 Å². The number of carboxylic acid groups (broad SMARTS) is 2. The van der Waals surface area contributed by atoms with Crippen LogP contribution in [-0.4, -0.2) is 29.2 Å². The van der Waals surface area contributed by atoms with Crippen molar-refractivity contribution in [2.24, 2.45) is 0 Å². The Hall–Kier alpha value is -1.88. The quantitative estimate of drug-likeness (QED) is 0.622. The molecule has 0 aliphatic heterocycles. The number of carbonyl (C=O) groups is 2. The van der Waals surface area contributed by atoms with Crippen LogP contribution in [-0.2, 0) is 16.1 Å². The zero-order valence-electron chi connectivity index (χ0n) is 8.30. The highest BCUT2D eigenvalue weighted by atomic mass is 16.4. The van der Waals surface area contributed by atoms with E-state index in [0.717, 1.165) is 6.54 Å². The summed E-state index contributed by atoms with van der Waals surface area (Å²) in [6, 6.07) is 10.3. The summed E-state index contributed by atoms with van der Waals surface area (Å²) in [5.74, 6) is -3.65. The molecule has 0 saturated carbocycles. The van der Waals surface area contributed by atoms with Crippen molar-refractivity contribution in [1.29, 1.82) is 0 Å².